The van der Waals surface area contributed by atoms with Gasteiger partial charge in [-0.25, -0.2) is 8.78 Å². The largest absolute Gasteiger partial charge is 0.503 e. The summed E-state index contributed by atoms with van der Waals surface area (Å²) >= 11 is 0. The maximum atomic E-state index is 13.6. The molecule has 0 saturated carbocycles. The normalized spacial score (nSPS) is 10.5. The van der Waals surface area contributed by atoms with Crippen molar-refractivity contribution in [2.24, 2.45) is 0 Å². The quantitative estimate of drug-likeness (QED) is 0.589. The fourth-order valence-electron chi connectivity index (χ4n) is 1.80. The number of phenols is 1. The molecule has 0 spiro atoms. The summed E-state index contributed by atoms with van der Waals surface area (Å²) in [5.74, 6) is -7.42. The summed E-state index contributed by atoms with van der Waals surface area (Å²) < 4.78 is 39.8. The second kappa shape index (κ2) is 5.35. The number of rotatable bonds is 2. The van der Waals surface area contributed by atoms with Crippen molar-refractivity contribution in [3.05, 3.63) is 52.8 Å². The van der Waals surface area contributed by atoms with Crippen LogP contribution in [-0.4, -0.2) is 11.0 Å². The molecule has 4 nitrogen and oxygen atoms in total. The van der Waals surface area contributed by atoms with Gasteiger partial charge in [-0.15, -0.1) is 0 Å². The number of nitrogens with two attached hydrogens (primary N) is 1. The summed E-state index contributed by atoms with van der Waals surface area (Å²) in [4.78, 5) is 11.9. The number of aryl methyl sites for hydroxylation is 1. The van der Waals surface area contributed by atoms with E-state index in [9.17, 15) is 18.0 Å². The molecule has 2 aromatic carbocycles. The average Bonchev–Trinajstić information content (AvgIpc) is 2.44. The van der Waals surface area contributed by atoms with Gasteiger partial charge in [-0.3, -0.25) is 4.79 Å². The van der Waals surface area contributed by atoms with Crippen LogP contribution in [0.15, 0.2) is 24.3 Å². The molecule has 0 saturated heterocycles. The number of hydrogen-bond donors (Lipinski definition) is 3. The fourth-order valence-corrected chi connectivity index (χ4v) is 1.80. The second-order valence-electron chi connectivity index (χ2n) is 4.38. The highest BCUT2D eigenvalue weighted by Crippen LogP contribution is 2.28. The molecule has 2 aromatic rings. The number of nitrogen functional groups attached to an aromatic ring is 1. The van der Waals surface area contributed by atoms with Crippen LogP contribution in [0.5, 0.6) is 5.75 Å². The third-order valence-electron chi connectivity index (χ3n) is 2.92. The number of halogens is 3. The summed E-state index contributed by atoms with van der Waals surface area (Å²) in [6, 6.07) is 5.20. The van der Waals surface area contributed by atoms with Crippen LogP contribution in [0.2, 0.25) is 0 Å². The van der Waals surface area contributed by atoms with E-state index < -0.39 is 34.7 Å². The molecule has 0 aliphatic carbocycles. The van der Waals surface area contributed by atoms with Crippen LogP contribution in [0.25, 0.3) is 0 Å². The molecular weight excluding hydrogens is 285 g/mol. The molecule has 0 aliphatic heterocycles. The Kier molecular flexibility index (Phi) is 3.75. The number of amides is 1. The van der Waals surface area contributed by atoms with Crippen molar-refractivity contribution in [2.75, 3.05) is 11.1 Å². The SMILES string of the molecule is Cc1cccc(N)c1NC(=O)c1cc(F)c(F)c(O)c1F. The molecular formula is C14H11F3N2O2. The van der Waals surface area contributed by atoms with Crippen LogP contribution in [-0.2, 0) is 0 Å². The third kappa shape index (κ3) is 2.62. The highest BCUT2D eigenvalue weighted by molar-refractivity contribution is 6.06. The van der Waals surface area contributed by atoms with Gasteiger partial charge in [0.1, 0.15) is 0 Å². The zero-order chi connectivity index (χ0) is 15.7. The Balaban J connectivity index is 2.42. The molecule has 21 heavy (non-hydrogen) atoms. The standard InChI is InChI=1S/C14H11F3N2O2/c1-6-3-2-4-9(18)12(6)19-14(21)7-5-8(15)11(17)13(20)10(7)16/h2-5,20H,18H2,1H3,(H,19,21). The highest BCUT2D eigenvalue weighted by Gasteiger charge is 2.23. The summed E-state index contributed by atoms with van der Waals surface area (Å²) in [6.45, 7) is 1.66. The van der Waals surface area contributed by atoms with Gasteiger partial charge in [0.2, 0.25) is 5.82 Å². The van der Waals surface area contributed by atoms with Gasteiger partial charge in [0.15, 0.2) is 17.4 Å². The predicted molar refractivity (Wildman–Crippen MR) is 71.5 cm³/mol. The maximum Gasteiger partial charge on any atom is 0.258 e. The molecule has 0 radical (unpaired) electrons. The number of carbonyl (C=O) groups excluding carboxylic acids is 1. The molecule has 0 heterocycles. The van der Waals surface area contributed by atoms with Crippen molar-refractivity contribution >= 4 is 17.3 Å². The molecule has 2 rings (SSSR count). The number of benzene rings is 2. The Hall–Kier alpha value is -2.70. The lowest BCUT2D eigenvalue weighted by molar-refractivity contribution is 0.102. The van der Waals surface area contributed by atoms with Crippen molar-refractivity contribution in [1.29, 1.82) is 0 Å². The van der Waals surface area contributed by atoms with Gasteiger partial charge in [0.25, 0.3) is 5.91 Å². The summed E-state index contributed by atoms with van der Waals surface area (Å²) in [6.07, 6.45) is 0. The van der Waals surface area contributed by atoms with E-state index in [-0.39, 0.29) is 11.4 Å². The van der Waals surface area contributed by atoms with Crippen molar-refractivity contribution in [1.82, 2.24) is 0 Å². The fraction of sp³-hybridized carbons (Fsp3) is 0.0714. The molecule has 0 bridgehead atoms. The van der Waals surface area contributed by atoms with Crippen LogP contribution in [0.4, 0.5) is 24.5 Å². The van der Waals surface area contributed by atoms with Crippen LogP contribution in [0, 0.1) is 24.4 Å². The summed E-state index contributed by atoms with van der Waals surface area (Å²) in [5.41, 5.74) is 5.92. The Morgan fingerprint density at radius 3 is 2.52 bits per heavy atom. The zero-order valence-corrected chi connectivity index (χ0v) is 10.9. The van der Waals surface area contributed by atoms with Crippen LogP contribution >= 0.6 is 0 Å². The zero-order valence-electron chi connectivity index (χ0n) is 10.9. The van der Waals surface area contributed by atoms with Crippen LogP contribution < -0.4 is 11.1 Å². The van der Waals surface area contributed by atoms with E-state index in [4.69, 9.17) is 10.8 Å². The Morgan fingerprint density at radius 2 is 1.90 bits per heavy atom. The number of anilines is 2. The van der Waals surface area contributed by atoms with Crippen LogP contribution in [0.1, 0.15) is 15.9 Å². The monoisotopic (exact) mass is 296 g/mol. The number of phenolic OH excluding ortho intramolecular Hbond substituents is 1. The average molecular weight is 296 g/mol. The Labute approximate surface area is 118 Å². The smallest absolute Gasteiger partial charge is 0.258 e. The second-order valence-corrected chi connectivity index (χ2v) is 4.38. The minimum atomic E-state index is -1.75. The van der Waals surface area contributed by atoms with Crippen LogP contribution in [0.3, 0.4) is 0 Å². The van der Waals surface area contributed by atoms with Gasteiger partial charge in [-0.2, -0.15) is 4.39 Å². The lowest BCUT2D eigenvalue weighted by Crippen LogP contribution is -2.16. The molecule has 0 unspecified atom stereocenters. The van der Waals surface area contributed by atoms with E-state index >= 15 is 0 Å². The molecule has 0 atom stereocenters. The minimum absolute atomic E-state index is 0.228. The molecule has 110 valence electrons. The lowest BCUT2D eigenvalue weighted by Gasteiger charge is -2.12. The van der Waals surface area contributed by atoms with Crippen molar-refractivity contribution in [3.8, 4) is 5.75 Å². The number of carbonyl (C=O) groups is 1. The topological polar surface area (TPSA) is 75.3 Å². The maximum absolute atomic E-state index is 13.6. The van der Waals surface area contributed by atoms with Gasteiger partial charge >= 0.3 is 0 Å². The minimum Gasteiger partial charge on any atom is -0.503 e. The molecule has 1 amide bonds. The molecule has 7 heteroatoms. The first-order valence-corrected chi connectivity index (χ1v) is 5.85. The van der Waals surface area contributed by atoms with E-state index in [1.807, 2.05) is 0 Å². The van der Waals surface area contributed by atoms with E-state index in [1.54, 1.807) is 19.1 Å². The van der Waals surface area contributed by atoms with Crippen molar-refractivity contribution < 1.29 is 23.1 Å². The van der Waals surface area contributed by atoms with Gasteiger partial charge in [-0.1, -0.05) is 12.1 Å². The lowest BCUT2D eigenvalue weighted by atomic mass is 10.1. The number of aromatic hydroxyl groups is 1. The van der Waals surface area contributed by atoms with E-state index in [1.165, 1.54) is 6.07 Å². The predicted octanol–water partition coefficient (Wildman–Crippen LogP) is 2.95. The number of hydrogen-bond acceptors (Lipinski definition) is 3. The Bertz CT molecular complexity index is 712. The van der Waals surface area contributed by atoms with E-state index in [0.717, 1.165) is 0 Å². The van der Waals surface area contributed by atoms with Crippen molar-refractivity contribution in [2.45, 2.75) is 6.92 Å². The van der Waals surface area contributed by atoms with Gasteiger partial charge < -0.3 is 16.2 Å². The van der Waals surface area contributed by atoms with Gasteiger partial charge in [-0.05, 0) is 24.6 Å². The first-order valence-electron chi connectivity index (χ1n) is 5.85. The summed E-state index contributed by atoms with van der Waals surface area (Å²) in [7, 11) is 0. The first-order chi connectivity index (χ1) is 9.82. The Morgan fingerprint density at radius 1 is 1.24 bits per heavy atom. The summed E-state index contributed by atoms with van der Waals surface area (Å²) in [5, 5.41) is 11.4. The first kappa shape index (κ1) is 14.7. The number of nitrogens with one attached hydrogen (secondary N) is 1. The molecule has 0 aromatic heterocycles. The van der Waals surface area contributed by atoms with E-state index in [0.29, 0.717) is 11.6 Å². The number of para-hydroxylation sites is 1. The van der Waals surface area contributed by atoms with Crippen molar-refractivity contribution in [3.63, 3.8) is 0 Å². The molecule has 0 fully saturated rings. The van der Waals surface area contributed by atoms with E-state index in [2.05, 4.69) is 5.32 Å². The molecule has 4 N–H and O–H groups in total. The van der Waals surface area contributed by atoms with Gasteiger partial charge in [0, 0.05) is 0 Å². The highest BCUT2D eigenvalue weighted by atomic mass is 19.2. The van der Waals surface area contributed by atoms with Gasteiger partial charge in [0.05, 0.1) is 16.9 Å². The molecule has 0 aliphatic rings. The third-order valence-corrected chi connectivity index (χ3v) is 2.92.